The van der Waals surface area contributed by atoms with E-state index in [9.17, 15) is 4.79 Å². The predicted molar refractivity (Wildman–Crippen MR) is 83.9 cm³/mol. The highest BCUT2D eigenvalue weighted by Crippen LogP contribution is 2.23. The van der Waals surface area contributed by atoms with Gasteiger partial charge in [-0.25, -0.2) is 0 Å². The van der Waals surface area contributed by atoms with Gasteiger partial charge in [0.2, 0.25) is 0 Å². The summed E-state index contributed by atoms with van der Waals surface area (Å²) >= 11 is 0. The maximum Gasteiger partial charge on any atom is 0.176 e. The minimum atomic E-state index is 0.223. The number of nitrogens with zero attached hydrogens (tertiary/aromatic N) is 1. The molecule has 114 valence electrons. The summed E-state index contributed by atoms with van der Waals surface area (Å²) in [6.45, 7) is 6.37. The molecule has 3 rings (SSSR count). The Labute approximate surface area is 127 Å². The number of benzene rings is 1. The Balaban J connectivity index is 1.70. The smallest absolute Gasteiger partial charge is 0.176 e. The van der Waals surface area contributed by atoms with Gasteiger partial charge in [0.1, 0.15) is 0 Å². The van der Waals surface area contributed by atoms with E-state index in [0.717, 1.165) is 31.6 Å². The van der Waals surface area contributed by atoms with Gasteiger partial charge in [0, 0.05) is 18.2 Å². The average molecular weight is 287 g/mol. The Bertz CT molecular complexity index is 526. The third-order valence-corrected chi connectivity index (χ3v) is 4.82. The largest absolute Gasteiger partial charge is 0.376 e. The molecule has 0 radical (unpaired) electrons. The van der Waals surface area contributed by atoms with Crippen LogP contribution in [0.2, 0.25) is 0 Å². The molecule has 3 nitrogen and oxygen atoms in total. The molecule has 1 aromatic carbocycles. The monoisotopic (exact) mass is 287 g/mol. The van der Waals surface area contributed by atoms with Crippen LogP contribution in [0.1, 0.15) is 48.2 Å². The van der Waals surface area contributed by atoms with E-state index in [1.54, 1.807) is 0 Å². The highest BCUT2D eigenvalue weighted by molar-refractivity contribution is 5.97. The standard InChI is InChI=1S/C18H25NO2/c1-3-17-12-21-13(2)10-19(17)11-18(20)16-8-7-14-5-4-6-15(14)9-16/h7-9,13,17H,3-6,10-12H2,1-2H3. The van der Waals surface area contributed by atoms with E-state index < -0.39 is 0 Å². The van der Waals surface area contributed by atoms with E-state index >= 15 is 0 Å². The van der Waals surface area contributed by atoms with Crippen molar-refractivity contribution in [2.75, 3.05) is 19.7 Å². The second-order valence-corrected chi connectivity index (χ2v) is 6.40. The number of Topliss-reactive ketones (excluding diaryl/α,β-unsaturated/α-hetero) is 1. The van der Waals surface area contributed by atoms with Gasteiger partial charge in [-0.05, 0) is 49.8 Å². The molecule has 2 atom stereocenters. The van der Waals surface area contributed by atoms with Gasteiger partial charge in [0.05, 0.1) is 19.3 Å². The van der Waals surface area contributed by atoms with Crippen LogP contribution < -0.4 is 0 Å². The molecule has 0 saturated carbocycles. The maximum atomic E-state index is 12.6. The highest BCUT2D eigenvalue weighted by Gasteiger charge is 2.27. The lowest BCUT2D eigenvalue weighted by Crippen LogP contribution is -2.50. The van der Waals surface area contributed by atoms with Gasteiger partial charge in [-0.15, -0.1) is 0 Å². The number of aryl methyl sites for hydroxylation is 2. The van der Waals surface area contributed by atoms with Crippen molar-refractivity contribution in [1.82, 2.24) is 4.90 Å². The second-order valence-electron chi connectivity index (χ2n) is 6.40. The van der Waals surface area contributed by atoms with Crippen LogP contribution >= 0.6 is 0 Å². The van der Waals surface area contributed by atoms with Crippen LogP contribution in [0.25, 0.3) is 0 Å². The van der Waals surface area contributed by atoms with Gasteiger partial charge in [0.15, 0.2) is 5.78 Å². The van der Waals surface area contributed by atoms with Crippen molar-refractivity contribution >= 4 is 5.78 Å². The molecule has 1 heterocycles. The van der Waals surface area contributed by atoms with E-state index in [2.05, 4.69) is 30.9 Å². The SMILES string of the molecule is CCC1COC(C)CN1CC(=O)c1ccc2c(c1)CCC2. The van der Waals surface area contributed by atoms with Crippen molar-refractivity contribution in [2.24, 2.45) is 0 Å². The molecule has 1 saturated heterocycles. The van der Waals surface area contributed by atoms with E-state index in [1.165, 1.54) is 24.0 Å². The Kier molecular flexibility index (Phi) is 4.41. The van der Waals surface area contributed by atoms with Gasteiger partial charge in [-0.1, -0.05) is 19.1 Å². The van der Waals surface area contributed by atoms with Crippen molar-refractivity contribution in [3.8, 4) is 0 Å². The summed E-state index contributed by atoms with van der Waals surface area (Å²) < 4.78 is 5.71. The van der Waals surface area contributed by atoms with Crippen molar-refractivity contribution in [3.63, 3.8) is 0 Å². The summed E-state index contributed by atoms with van der Waals surface area (Å²) in [4.78, 5) is 14.9. The lowest BCUT2D eigenvalue weighted by molar-refractivity contribution is -0.0523. The van der Waals surface area contributed by atoms with Crippen LogP contribution in [-0.4, -0.2) is 42.5 Å². The van der Waals surface area contributed by atoms with Crippen LogP contribution in [-0.2, 0) is 17.6 Å². The normalized spacial score (nSPS) is 25.8. The third-order valence-electron chi connectivity index (χ3n) is 4.82. The van der Waals surface area contributed by atoms with Crippen molar-refractivity contribution in [1.29, 1.82) is 0 Å². The van der Waals surface area contributed by atoms with Crippen LogP contribution in [0.15, 0.2) is 18.2 Å². The molecule has 1 aliphatic carbocycles. The van der Waals surface area contributed by atoms with Gasteiger partial charge < -0.3 is 4.74 Å². The summed E-state index contributed by atoms with van der Waals surface area (Å²) in [5.74, 6) is 0.247. The van der Waals surface area contributed by atoms with Crippen LogP contribution in [0.3, 0.4) is 0 Å². The molecule has 3 heteroatoms. The molecule has 1 aliphatic heterocycles. The first kappa shape index (κ1) is 14.7. The quantitative estimate of drug-likeness (QED) is 0.798. The number of ether oxygens (including phenoxy) is 1. The summed E-state index contributed by atoms with van der Waals surface area (Å²) in [7, 11) is 0. The molecule has 1 fully saturated rings. The average Bonchev–Trinajstić information content (AvgIpc) is 2.94. The maximum absolute atomic E-state index is 12.6. The third kappa shape index (κ3) is 3.19. The van der Waals surface area contributed by atoms with Crippen molar-refractivity contribution < 1.29 is 9.53 Å². The number of hydrogen-bond acceptors (Lipinski definition) is 3. The summed E-state index contributed by atoms with van der Waals surface area (Å²) in [6.07, 6.45) is 4.78. The molecule has 2 aliphatic rings. The molecule has 0 aromatic heterocycles. The number of rotatable bonds is 4. The second kappa shape index (κ2) is 6.29. The molecule has 0 N–H and O–H groups in total. The van der Waals surface area contributed by atoms with Crippen molar-refractivity contribution in [2.45, 2.75) is 51.7 Å². The van der Waals surface area contributed by atoms with E-state index in [-0.39, 0.29) is 11.9 Å². The van der Waals surface area contributed by atoms with Crippen molar-refractivity contribution in [3.05, 3.63) is 34.9 Å². The first-order chi connectivity index (χ1) is 10.2. The minimum Gasteiger partial charge on any atom is -0.376 e. The number of hydrogen-bond donors (Lipinski definition) is 0. The van der Waals surface area contributed by atoms with E-state index in [4.69, 9.17) is 4.74 Å². The topological polar surface area (TPSA) is 29.5 Å². The molecule has 21 heavy (non-hydrogen) atoms. The summed E-state index contributed by atoms with van der Waals surface area (Å²) in [5, 5.41) is 0. The zero-order chi connectivity index (χ0) is 14.8. The fourth-order valence-corrected chi connectivity index (χ4v) is 3.50. The Morgan fingerprint density at radius 2 is 2.14 bits per heavy atom. The highest BCUT2D eigenvalue weighted by atomic mass is 16.5. The number of ketones is 1. The fourth-order valence-electron chi connectivity index (χ4n) is 3.50. The molecule has 0 amide bonds. The first-order valence-electron chi connectivity index (χ1n) is 8.18. The number of carbonyl (C=O) groups excluding carboxylic acids is 1. The molecular weight excluding hydrogens is 262 g/mol. The van der Waals surface area contributed by atoms with Gasteiger partial charge in [-0.2, -0.15) is 0 Å². The Hall–Kier alpha value is -1.19. The molecule has 2 unspecified atom stereocenters. The minimum absolute atomic E-state index is 0.223. The molecular formula is C18H25NO2. The van der Waals surface area contributed by atoms with Gasteiger partial charge >= 0.3 is 0 Å². The summed E-state index contributed by atoms with van der Waals surface area (Å²) in [5.41, 5.74) is 3.69. The molecule has 0 bridgehead atoms. The van der Waals surface area contributed by atoms with Crippen LogP contribution in [0.5, 0.6) is 0 Å². The molecule has 1 aromatic rings. The lowest BCUT2D eigenvalue weighted by Gasteiger charge is -2.37. The zero-order valence-electron chi connectivity index (χ0n) is 13.1. The number of morpholine rings is 1. The predicted octanol–water partition coefficient (Wildman–Crippen LogP) is 2.86. The van der Waals surface area contributed by atoms with E-state index in [0.29, 0.717) is 12.6 Å². The van der Waals surface area contributed by atoms with Crippen LogP contribution in [0, 0.1) is 0 Å². The van der Waals surface area contributed by atoms with Gasteiger partial charge in [0.25, 0.3) is 0 Å². The Morgan fingerprint density at radius 1 is 1.33 bits per heavy atom. The fraction of sp³-hybridized carbons (Fsp3) is 0.611. The first-order valence-corrected chi connectivity index (χ1v) is 8.18. The number of carbonyl (C=O) groups is 1. The molecule has 0 spiro atoms. The Morgan fingerprint density at radius 3 is 2.95 bits per heavy atom. The zero-order valence-corrected chi connectivity index (χ0v) is 13.1. The summed E-state index contributed by atoms with van der Waals surface area (Å²) in [6, 6.07) is 6.65. The number of fused-ring (bicyclic) bond motifs is 1. The lowest BCUT2D eigenvalue weighted by atomic mass is 10.0. The van der Waals surface area contributed by atoms with Crippen LogP contribution in [0.4, 0.5) is 0 Å². The van der Waals surface area contributed by atoms with E-state index in [1.807, 2.05) is 6.07 Å². The van der Waals surface area contributed by atoms with Gasteiger partial charge in [-0.3, -0.25) is 9.69 Å².